The highest BCUT2D eigenvalue weighted by Gasteiger charge is 2.21. The molecule has 70 heavy (non-hydrogen) atoms. The van der Waals surface area contributed by atoms with Gasteiger partial charge in [0.2, 0.25) is 0 Å². The van der Waals surface area contributed by atoms with E-state index in [9.17, 15) is 0 Å². The van der Waals surface area contributed by atoms with Crippen LogP contribution in [0.1, 0.15) is 11.1 Å². The Hall–Kier alpha value is -9.12. The van der Waals surface area contributed by atoms with Gasteiger partial charge in [0.1, 0.15) is 0 Å². The second kappa shape index (κ2) is 16.9. The predicted octanol–water partition coefficient (Wildman–Crippen LogP) is 18.3. The molecule has 2 aromatic heterocycles. The van der Waals surface area contributed by atoms with E-state index in [1.807, 2.05) is 0 Å². The molecule has 0 bridgehead atoms. The molecular weight excluding hydrogens is 849 g/mol. The van der Waals surface area contributed by atoms with Crippen molar-refractivity contribution < 1.29 is 0 Å². The second-order valence-electron chi connectivity index (χ2n) is 18.3. The van der Waals surface area contributed by atoms with E-state index >= 15 is 0 Å². The first-order valence-corrected chi connectivity index (χ1v) is 24.1. The topological polar surface area (TPSA) is 16.3 Å². The number of nitrogens with zero attached hydrogens (tertiary/aromatic N) is 4. The normalized spacial score (nSPS) is 11.6. The third-order valence-corrected chi connectivity index (χ3v) is 14.0. The van der Waals surface area contributed by atoms with Crippen molar-refractivity contribution in [1.29, 1.82) is 0 Å². The maximum absolute atomic E-state index is 2.43. The summed E-state index contributed by atoms with van der Waals surface area (Å²) < 4.78 is 4.75. The summed E-state index contributed by atoms with van der Waals surface area (Å²) in [5.41, 5.74) is 18.5. The number of hydrogen-bond acceptors (Lipinski definition) is 2. The smallest absolute Gasteiger partial charge is 0.0542 e. The highest BCUT2D eigenvalue weighted by Crippen LogP contribution is 2.45. The highest BCUT2D eigenvalue weighted by atomic mass is 15.2. The van der Waals surface area contributed by atoms with Crippen molar-refractivity contribution in [3.8, 4) is 22.5 Å². The summed E-state index contributed by atoms with van der Waals surface area (Å²) in [5, 5.41) is 7.27. The van der Waals surface area contributed by atoms with Gasteiger partial charge in [-0.15, -0.1) is 0 Å². The van der Waals surface area contributed by atoms with Gasteiger partial charge in [-0.3, -0.25) is 0 Å². The SMILES string of the molecule is Cc1ccc(N(c2ccc(-c3cccc4c(N(c5ccc(C)cc5)c5ccc6c(c5)c5ccccc5n6-c5ccccc5)cccc34)cc2)c2ccc3c(c2)c2ccccc2n3-c2ccccc2)cc1. The number of fused-ring (bicyclic) bond motifs is 7. The molecule has 13 aromatic rings. The van der Waals surface area contributed by atoms with Gasteiger partial charge in [0.05, 0.1) is 27.8 Å². The second-order valence-corrected chi connectivity index (χ2v) is 18.3. The van der Waals surface area contributed by atoms with Crippen molar-refractivity contribution >= 4 is 88.5 Å². The minimum atomic E-state index is 1.09. The van der Waals surface area contributed by atoms with E-state index in [1.165, 1.54) is 71.1 Å². The summed E-state index contributed by atoms with van der Waals surface area (Å²) in [6.07, 6.45) is 0. The van der Waals surface area contributed by atoms with Gasteiger partial charge in [0.25, 0.3) is 0 Å². The monoisotopic (exact) mass is 896 g/mol. The number of hydrogen-bond donors (Lipinski definition) is 0. The fourth-order valence-electron chi connectivity index (χ4n) is 10.7. The summed E-state index contributed by atoms with van der Waals surface area (Å²) in [6.45, 7) is 4.30. The molecule has 0 aliphatic heterocycles. The molecule has 11 aromatic carbocycles. The number of rotatable bonds is 9. The number of anilines is 6. The molecule has 4 nitrogen and oxygen atoms in total. The molecule has 0 saturated carbocycles. The Morgan fingerprint density at radius 3 is 1.21 bits per heavy atom. The Labute approximate surface area is 407 Å². The molecule has 0 aliphatic rings. The summed E-state index contributed by atoms with van der Waals surface area (Å²) in [5.74, 6) is 0. The Kier molecular flexibility index (Phi) is 9.91. The molecule has 0 fully saturated rings. The van der Waals surface area contributed by atoms with Gasteiger partial charge < -0.3 is 18.9 Å². The third-order valence-electron chi connectivity index (χ3n) is 14.0. The summed E-state index contributed by atoms with van der Waals surface area (Å²) in [7, 11) is 0. The van der Waals surface area contributed by atoms with Gasteiger partial charge in [-0.2, -0.15) is 0 Å². The van der Waals surface area contributed by atoms with Gasteiger partial charge in [-0.1, -0.05) is 151 Å². The van der Waals surface area contributed by atoms with Crippen LogP contribution in [0.4, 0.5) is 34.1 Å². The van der Waals surface area contributed by atoms with Gasteiger partial charge in [-0.05, 0) is 146 Å². The lowest BCUT2D eigenvalue weighted by Crippen LogP contribution is -2.10. The van der Waals surface area contributed by atoms with Crippen LogP contribution in [0.15, 0.2) is 255 Å². The van der Waals surface area contributed by atoms with Crippen LogP contribution < -0.4 is 9.80 Å². The van der Waals surface area contributed by atoms with Crippen molar-refractivity contribution in [2.45, 2.75) is 13.8 Å². The summed E-state index contributed by atoms with van der Waals surface area (Å²) in [4.78, 5) is 4.81. The molecule has 0 atom stereocenters. The van der Waals surface area contributed by atoms with E-state index in [-0.39, 0.29) is 0 Å². The first-order valence-electron chi connectivity index (χ1n) is 24.1. The van der Waals surface area contributed by atoms with Crippen molar-refractivity contribution in [2.75, 3.05) is 9.80 Å². The molecular formula is C66H48N4. The van der Waals surface area contributed by atoms with Crippen LogP contribution >= 0.6 is 0 Å². The lowest BCUT2D eigenvalue weighted by molar-refractivity contribution is 1.18. The van der Waals surface area contributed by atoms with E-state index in [4.69, 9.17) is 0 Å². The highest BCUT2D eigenvalue weighted by molar-refractivity contribution is 6.13. The van der Waals surface area contributed by atoms with Gasteiger partial charge in [0, 0.05) is 66.7 Å². The zero-order chi connectivity index (χ0) is 46.7. The summed E-state index contributed by atoms with van der Waals surface area (Å²) >= 11 is 0. The molecule has 0 N–H and O–H groups in total. The van der Waals surface area contributed by atoms with Crippen LogP contribution in [0, 0.1) is 13.8 Å². The van der Waals surface area contributed by atoms with Crippen molar-refractivity contribution in [3.63, 3.8) is 0 Å². The first kappa shape index (κ1) is 41.1. The average molecular weight is 897 g/mol. The van der Waals surface area contributed by atoms with E-state index in [2.05, 4.69) is 288 Å². The maximum atomic E-state index is 2.43. The molecule has 2 heterocycles. The predicted molar refractivity (Wildman–Crippen MR) is 297 cm³/mol. The molecule has 0 amide bonds. The van der Waals surface area contributed by atoms with Crippen molar-refractivity contribution in [2.24, 2.45) is 0 Å². The van der Waals surface area contributed by atoms with Crippen LogP contribution in [-0.4, -0.2) is 9.13 Å². The molecule has 4 heteroatoms. The average Bonchev–Trinajstić information content (AvgIpc) is 3.93. The fraction of sp³-hybridized carbons (Fsp3) is 0.0303. The molecule has 0 unspecified atom stereocenters. The van der Waals surface area contributed by atoms with Crippen LogP contribution in [0.2, 0.25) is 0 Å². The number of aromatic nitrogens is 2. The minimum Gasteiger partial charge on any atom is -0.310 e. The van der Waals surface area contributed by atoms with Crippen LogP contribution in [-0.2, 0) is 0 Å². The van der Waals surface area contributed by atoms with Crippen LogP contribution in [0.25, 0.3) is 76.9 Å². The van der Waals surface area contributed by atoms with Gasteiger partial charge >= 0.3 is 0 Å². The fourth-order valence-corrected chi connectivity index (χ4v) is 10.7. The van der Waals surface area contributed by atoms with Crippen molar-refractivity contribution in [1.82, 2.24) is 9.13 Å². The summed E-state index contributed by atoms with van der Waals surface area (Å²) in [6, 6.07) is 93.0. The molecule has 332 valence electrons. The quantitative estimate of drug-likeness (QED) is 0.144. The minimum absolute atomic E-state index is 1.09. The first-order chi connectivity index (χ1) is 34.6. The van der Waals surface area contributed by atoms with Gasteiger partial charge in [-0.25, -0.2) is 0 Å². The van der Waals surface area contributed by atoms with Crippen molar-refractivity contribution in [3.05, 3.63) is 266 Å². The maximum Gasteiger partial charge on any atom is 0.0542 e. The van der Waals surface area contributed by atoms with Crippen LogP contribution in [0.5, 0.6) is 0 Å². The Balaban J connectivity index is 0.923. The Bertz CT molecular complexity index is 4050. The van der Waals surface area contributed by atoms with E-state index in [1.54, 1.807) is 0 Å². The molecule has 0 saturated heterocycles. The standard InChI is InChI=1S/C66H48N4/c1-45-27-33-50(34-28-45)67(53-39-41-65-60(43-53)58-19-9-11-24-63(58)69(65)48-15-5-3-6-16-48)51-37-31-47(32-38-51)55-21-13-23-57-56(55)22-14-26-62(57)68(52-35-29-46(2)30-36-52)54-40-42-66-61(44-54)59-20-10-12-25-64(59)70(66)49-17-7-4-8-18-49/h3-44H,1-2H3. The molecule has 0 radical (unpaired) electrons. The number of benzene rings is 11. The van der Waals surface area contributed by atoms with Crippen LogP contribution in [0.3, 0.4) is 0 Å². The van der Waals surface area contributed by atoms with Gasteiger partial charge in [0.15, 0.2) is 0 Å². The largest absolute Gasteiger partial charge is 0.310 e. The van der Waals surface area contributed by atoms with E-state index in [0.29, 0.717) is 0 Å². The lowest BCUT2D eigenvalue weighted by Gasteiger charge is -2.28. The molecule has 13 rings (SSSR count). The van der Waals surface area contributed by atoms with E-state index < -0.39 is 0 Å². The third kappa shape index (κ3) is 6.92. The lowest BCUT2D eigenvalue weighted by atomic mass is 9.96. The Morgan fingerprint density at radius 2 is 0.671 bits per heavy atom. The molecule has 0 spiro atoms. The zero-order valence-electron chi connectivity index (χ0n) is 39.0. The number of aryl methyl sites for hydroxylation is 2. The zero-order valence-corrected chi connectivity index (χ0v) is 39.0. The molecule has 0 aliphatic carbocycles. The number of para-hydroxylation sites is 4. The van der Waals surface area contributed by atoms with E-state index in [0.717, 1.165) is 51.1 Å². The Morgan fingerprint density at radius 1 is 0.271 bits per heavy atom.